The van der Waals surface area contributed by atoms with Gasteiger partial charge in [0.25, 0.3) is 5.56 Å². The summed E-state index contributed by atoms with van der Waals surface area (Å²) < 4.78 is 0. The first-order valence-corrected chi connectivity index (χ1v) is 7.74. The van der Waals surface area contributed by atoms with Gasteiger partial charge in [-0.05, 0) is 12.1 Å². The molecule has 0 amide bonds. The van der Waals surface area contributed by atoms with Gasteiger partial charge in [0.2, 0.25) is 0 Å². The van der Waals surface area contributed by atoms with E-state index in [1.807, 2.05) is 4.98 Å². The van der Waals surface area contributed by atoms with Crippen LogP contribution in [0, 0.1) is 0 Å². The zero-order valence-corrected chi connectivity index (χ0v) is 12.4. The number of hydrogen-bond acceptors (Lipinski definition) is 4. The van der Waals surface area contributed by atoms with Crippen LogP contribution in [-0.4, -0.2) is 21.3 Å². The normalized spacial score (nSPS) is 10.1. The molecule has 0 atom stereocenters. The van der Waals surface area contributed by atoms with E-state index in [4.69, 9.17) is 0 Å². The SMILES string of the molecule is O=c1[nH]cc(N=Cc2ccccc2O)c(=O)[nH]1.[Cl][Pt]. The monoisotopic (exact) mass is 461 g/mol. The van der Waals surface area contributed by atoms with Crippen molar-refractivity contribution in [3.8, 4) is 5.75 Å². The van der Waals surface area contributed by atoms with Crippen molar-refractivity contribution in [1.82, 2.24) is 9.97 Å². The molecule has 2 aromatic rings. The molecule has 0 saturated carbocycles. The molecule has 1 aromatic heterocycles. The molecule has 6 nitrogen and oxygen atoms in total. The second-order valence-corrected chi connectivity index (χ2v) is 3.27. The molecule has 0 aliphatic heterocycles. The molecule has 0 bridgehead atoms. The summed E-state index contributed by atoms with van der Waals surface area (Å²) in [6.07, 6.45) is 2.55. The molecule has 0 fully saturated rings. The van der Waals surface area contributed by atoms with Gasteiger partial charge in [0.15, 0.2) is 0 Å². The third-order valence-corrected chi connectivity index (χ3v) is 2.08. The van der Waals surface area contributed by atoms with E-state index in [0.717, 1.165) is 0 Å². The van der Waals surface area contributed by atoms with Crippen molar-refractivity contribution in [2.75, 3.05) is 0 Å². The van der Waals surface area contributed by atoms with Gasteiger partial charge in [-0.15, -0.1) is 0 Å². The maximum absolute atomic E-state index is 11.3. The average Bonchev–Trinajstić information content (AvgIpc) is 2.42. The third-order valence-electron chi connectivity index (χ3n) is 2.08. The number of aromatic amines is 2. The Balaban J connectivity index is 0.000000861. The molecule has 0 aliphatic rings. The second-order valence-electron chi connectivity index (χ2n) is 3.27. The maximum atomic E-state index is 11.3. The van der Waals surface area contributed by atoms with E-state index in [1.54, 1.807) is 37.0 Å². The van der Waals surface area contributed by atoms with Crippen LogP contribution >= 0.6 is 9.42 Å². The van der Waals surface area contributed by atoms with Gasteiger partial charge >= 0.3 is 33.9 Å². The van der Waals surface area contributed by atoms with Crippen LogP contribution in [0.15, 0.2) is 45.0 Å². The first kappa shape index (κ1) is 15.4. The first-order chi connectivity index (χ1) is 9.16. The Morgan fingerprint density at radius 2 is 1.95 bits per heavy atom. The topological polar surface area (TPSA) is 98.3 Å². The molecule has 0 spiro atoms. The molecule has 19 heavy (non-hydrogen) atoms. The number of H-pyrrole nitrogens is 2. The van der Waals surface area contributed by atoms with E-state index in [0.29, 0.717) is 5.56 Å². The number of nitrogens with one attached hydrogen (secondary N) is 2. The van der Waals surface area contributed by atoms with Crippen molar-refractivity contribution in [3.63, 3.8) is 0 Å². The quantitative estimate of drug-likeness (QED) is 0.586. The zero-order valence-electron chi connectivity index (χ0n) is 9.37. The number of halogens is 1. The summed E-state index contributed by atoms with van der Waals surface area (Å²) >= 11 is 1.61. The predicted molar refractivity (Wildman–Crippen MR) is 68.9 cm³/mol. The van der Waals surface area contributed by atoms with Crippen molar-refractivity contribution in [3.05, 3.63) is 56.9 Å². The van der Waals surface area contributed by atoms with Crippen molar-refractivity contribution in [1.29, 1.82) is 0 Å². The Hall–Kier alpha value is -1.65. The van der Waals surface area contributed by atoms with Gasteiger partial charge < -0.3 is 10.1 Å². The van der Waals surface area contributed by atoms with Gasteiger partial charge in [0, 0.05) is 18.0 Å². The molecule has 0 radical (unpaired) electrons. The van der Waals surface area contributed by atoms with Crippen LogP contribution in [0.1, 0.15) is 5.56 Å². The van der Waals surface area contributed by atoms with Crippen LogP contribution in [0.4, 0.5) is 5.69 Å². The number of aliphatic imine (C=N–C) groups is 1. The summed E-state index contributed by atoms with van der Waals surface area (Å²) in [4.78, 5) is 30.3. The van der Waals surface area contributed by atoms with Gasteiger partial charge in [-0.1, -0.05) is 12.1 Å². The van der Waals surface area contributed by atoms with E-state index in [9.17, 15) is 14.7 Å². The molecule has 3 N–H and O–H groups in total. The second kappa shape index (κ2) is 7.71. The fourth-order valence-electron chi connectivity index (χ4n) is 1.23. The van der Waals surface area contributed by atoms with Gasteiger partial charge in [-0.25, -0.2) is 9.79 Å². The molecule has 0 unspecified atom stereocenters. The standard InChI is InChI=1S/C11H9N3O3.ClH.Pt/c15-9-4-2-1-3-7(9)5-12-8-6-13-11(17)14-10(8)16;;/h1-6,15H,(H2,13,14,16,17);1H;/q;;+1/p-1. The summed E-state index contributed by atoms with van der Waals surface area (Å²) in [5.41, 5.74) is -0.622. The number of aromatic nitrogens is 2. The summed E-state index contributed by atoms with van der Waals surface area (Å²) in [6.45, 7) is 0. The number of hydrogen-bond donors (Lipinski definition) is 3. The molecule has 1 aromatic carbocycles. The molecule has 0 aliphatic carbocycles. The van der Waals surface area contributed by atoms with Crippen LogP contribution in [-0.2, 0) is 18.8 Å². The van der Waals surface area contributed by atoms with Crippen LogP contribution in [0.5, 0.6) is 5.75 Å². The van der Waals surface area contributed by atoms with E-state index in [1.165, 1.54) is 18.5 Å². The molecule has 103 valence electrons. The van der Waals surface area contributed by atoms with Crippen molar-refractivity contribution in [2.45, 2.75) is 0 Å². The van der Waals surface area contributed by atoms with Crippen LogP contribution in [0.25, 0.3) is 0 Å². The number of benzene rings is 1. The number of rotatable bonds is 2. The Morgan fingerprint density at radius 1 is 1.26 bits per heavy atom. The fourth-order valence-corrected chi connectivity index (χ4v) is 1.23. The van der Waals surface area contributed by atoms with E-state index in [-0.39, 0.29) is 11.4 Å². The number of phenolic OH excluding ortho intramolecular Hbond substituents is 1. The van der Waals surface area contributed by atoms with Crippen LogP contribution in [0.2, 0.25) is 0 Å². The summed E-state index contributed by atoms with van der Waals surface area (Å²) in [5, 5.41) is 9.47. The Kier molecular flexibility index (Phi) is 6.25. The summed E-state index contributed by atoms with van der Waals surface area (Å²) in [6, 6.07) is 6.58. The predicted octanol–water partition coefficient (Wildman–Crippen LogP) is 1.21. The minimum atomic E-state index is -0.587. The van der Waals surface area contributed by atoms with Gasteiger partial charge in [-0.2, -0.15) is 0 Å². The van der Waals surface area contributed by atoms with Gasteiger partial charge in [0.1, 0.15) is 11.4 Å². The van der Waals surface area contributed by atoms with Crippen LogP contribution < -0.4 is 11.2 Å². The number of para-hydroxylation sites is 1. The molecular weight excluding hydrogens is 453 g/mol. The fraction of sp³-hybridized carbons (Fsp3) is 0. The van der Waals surface area contributed by atoms with Gasteiger partial charge in [0.05, 0.1) is 0 Å². The summed E-state index contributed by atoms with van der Waals surface area (Å²) in [7, 11) is 4.61. The van der Waals surface area contributed by atoms with Crippen LogP contribution in [0.3, 0.4) is 0 Å². The molecule has 8 heteroatoms. The third kappa shape index (κ3) is 4.50. The first-order valence-electron chi connectivity index (χ1n) is 4.93. The van der Waals surface area contributed by atoms with E-state index < -0.39 is 11.2 Å². The van der Waals surface area contributed by atoms with Crippen molar-refractivity contribution in [2.24, 2.45) is 4.99 Å². The Morgan fingerprint density at radius 3 is 2.58 bits per heavy atom. The molecule has 0 saturated heterocycles. The Labute approximate surface area is 123 Å². The summed E-state index contributed by atoms with van der Waals surface area (Å²) in [5.74, 6) is 0.0668. The molecule has 1 heterocycles. The van der Waals surface area contributed by atoms with E-state index >= 15 is 0 Å². The zero-order chi connectivity index (χ0) is 14.3. The average molecular weight is 462 g/mol. The number of aromatic hydroxyl groups is 1. The van der Waals surface area contributed by atoms with Gasteiger partial charge in [-0.3, -0.25) is 9.78 Å². The molecular formula is C11H9ClN3O3Pt. The Bertz CT molecular complexity index is 681. The van der Waals surface area contributed by atoms with Crippen molar-refractivity contribution >= 4 is 21.3 Å². The van der Waals surface area contributed by atoms with Crippen molar-refractivity contribution < 1.29 is 23.9 Å². The number of phenols is 1. The van der Waals surface area contributed by atoms with E-state index in [2.05, 4.69) is 19.4 Å². The minimum absolute atomic E-state index is 0.0628. The molecule has 2 rings (SSSR count). The number of nitrogens with zero attached hydrogens (tertiary/aromatic N) is 1.